The fourth-order valence-electron chi connectivity index (χ4n) is 1.14. The minimum absolute atomic E-state index is 0.298. The maximum Gasteiger partial charge on any atom is 0.325 e. The molecule has 0 spiro atoms. The zero-order valence-electron chi connectivity index (χ0n) is 8.21. The molecule has 1 rings (SSSR count). The number of carbonyl (C=O) groups is 2. The summed E-state index contributed by atoms with van der Waals surface area (Å²) in [5.74, 6) is -0.298. The molecular weight excluding hydrogens is 188 g/mol. The number of imide groups is 1. The van der Waals surface area contributed by atoms with Crippen LogP contribution in [0.2, 0.25) is 0 Å². The molecule has 0 bridgehead atoms. The molecule has 0 aromatic rings. The fraction of sp³-hybridized carbons (Fsp3) is 0.750. The Labute approximate surface area is 83.1 Å². The van der Waals surface area contributed by atoms with Crippen LogP contribution in [0.1, 0.15) is 20.8 Å². The van der Waals surface area contributed by atoms with Gasteiger partial charge in [0.2, 0.25) is 0 Å². The number of hydrogen-bond donors (Lipinski definition) is 2. The summed E-state index contributed by atoms with van der Waals surface area (Å²) in [7, 11) is 1.45. The first-order valence-corrected chi connectivity index (χ1v) is 4.47. The minimum Gasteiger partial charge on any atom is -0.314 e. The molecule has 1 aliphatic rings. The molecule has 74 valence electrons. The molecule has 5 heteroatoms. The van der Waals surface area contributed by atoms with Crippen LogP contribution in [0.5, 0.6) is 0 Å². The van der Waals surface area contributed by atoms with Gasteiger partial charge in [-0.3, -0.25) is 9.69 Å². The molecule has 0 aromatic carbocycles. The maximum absolute atomic E-state index is 11.7. The molecule has 3 amide bonds. The monoisotopic (exact) mass is 202 g/mol. The summed E-state index contributed by atoms with van der Waals surface area (Å²) in [5, 5.41) is 2.57. The van der Waals surface area contributed by atoms with Gasteiger partial charge in [-0.2, -0.15) is 0 Å². The van der Waals surface area contributed by atoms with E-state index in [0.717, 1.165) is 4.90 Å². The van der Waals surface area contributed by atoms with Crippen LogP contribution in [0.4, 0.5) is 4.79 Å². The summed E-state index contributed by atoms with van der Waals surface area (Å²) in [4.78, 5) is 22.8. The van der Waals surface area contributed by atoms with Crippen molar-refractivity contribution < 1.29 is 9.59 Å². The third kappa shape index (κ3) is 1.31. The number of urea groups is 1. The number of likely N-dealkylation sites (N-methyl/N-ethyl adjacent to an activating group) is 1. The molecular formula is C8H14N2O2S. The molecule has 1 heterocycles. The molecule has 1 aliphatic heterocycles. The normalized spacial score (nSPS) is 29.5. The molecule has 0 aliphatic carbocycles. The molecule has 1 fully saturated rings. The quantitative estimate of drug-likeness (QED) is 0.452. The van der Waals surface area contributed by atoms with Gasteiger partial charge in [-0.15, -0.1) is 12.6 Å². The van der Waals surface area contributed by atoms with Gasteiger partial charge in [-0.25, -0.2) is 4.79 Å². The van der Waals surface area contributed by atoms with E-state index >= 15 is 0 Å². The predicted octanol–water partition coefficient (Wildman–Crippen LogP) is 0.840. The van der Waals surface area contributed by atoms with E-state index in [1.54, 1.807) is 0 Å². The molecule has 1 N–H and O–H groups in total. The van der Waals surface area contributed by atoms with E-state index in [0.29, 0.717) is 0 Å². The van der Waals surface area contributed by atoms with E-state index in [2.05, 4.69) is 17.9 Å². The summed E-state index contributed by atoms with van der Waals surface area (Å²) in [6.45, 7) is 5.58. The zero-order valence-corrected chi connectivity index (χ0v) is 9.11. The maximum atomic E-state index is 11.7. The van der Waals surface area contributed by atoms with Gasteiger partial charge in [0.25, 0.3) is 5.91 Å². The second kappa shape index (κ2) is 2.64. The number of thiol groups is 1. The Morgan fingerprint density at radius 1 is 1.38 bits per heavy atom. The Kier molecular flexibility index (Phi) is 2.10. The van der Waals surface area contributed by atoms with Crippen LogP contribution >= 0.6 is 12.6 Å². The smallest absolute Gasteiger partial charge is 0.314 e. The number of nitrogens with one attached hydrogen (secondary N) is 1. The first kappa shape index (κ1) is 10.4. The van der Waals surface area contributed by atoms with Crippen molar-refractivity contribution >= 4 is 24.6 Å². The van der Waals surface area contributed by atoms with Crippen molar-refractivity contribution in [2.75, 3.05) is 7.05 Å². The van der Waals surface area contributed by atoms with Crippen LogP contribution in [0.3, 0.4) is 0 Å². The van der Waals surface area contributed by atoms with E-state index in [1.165, 1.54) is 7.05 Å². The Morgan fingerprint density at radius 3 is 2.00 bits per heavy atom. The van der Waals surface area contributed by atoms with Crippen molar-refractivity contribution in [1.82, 2.24) is 10.2 Å². The van der Waals surface area contributed by atoms with Gasteiger partial charge in [0.05, 0.1) is 0 Å². The zero-order chi connectivity index (χ0) is 10.4. The molecule has 0 radical (unpaired) electrons. The van der Waals surface area contributed by atoms with Crippen molar-refractivity contribution in [2.45, 2.75) is 25.6 Å². The van der Waals surface area contributed by atoms with Crippen LogP contribution in [0.25, 0.3) is 0 Å². The largest absolute Gasteiger partial charge is 0.325 e. The third-order valence-electron chi connectivity index (χ3n) is 2.29. The van der Waals surface area contributed by atoms with E-state index in [-0.39, 0.29) is 5.91 Å². The molecule has 13 heavy (non-hydrogen) atoms. The van der Waals surface area contributed by atoms with Crippen LogP contribution in [0.15, 0.2) is 0 Å². The van der Waals surface area contributed by atoms with Crippen LogP contribution in [0, 0.1) is 5.41 Å². The van der Waals surface area contributed by atoms with Crippen molar-refractivity contribution in [1.29, 1.82) is 0 Å². The fourth-order valence-corrected chi connectivity index (χ4v) is 1.38. The lowest BCUT2D eigenvalue weighted by Crippen LogP contribution is -2.52. The lowest BCUT2D eigenvalue weighted by molar-refractivity contribution is -0.129. The molecule has 0 aromatic heterocycles. The summed E-state index contributed by atoms with van der Waals surface area (Å²) < 4.78 is 0. The molecule has 4 nitrogen and oxygen atoms in total. The highest BCUT2D eigenvalue weighted by Gasteiger charge is 2.54. The Balaban J connectivity index is 3.09. The number of carbonyl (C=O) groups excluding carboxylic acids is 2. The van der Waals surface area contributed by atoms with Gasteiger partial charge < -0.3 is 5.32 Å². The first-order valence-electron chi connectivity index (χ1n) is 4.03. The third-order valence-corrected chi connectivity index (χ3v) is 3.27. The highest BCUT2D eigenvalue weighted by Crippen LogP contribution is 2.38. The van der Waals surface area contributed by atoms with Crippen LogP contribution < -0.4 is 5.32 Å². The summed E-state index contributed by atoms with van der Waals surface area (Å²) in [6, 6.07) is -0.394. The Morgan fingerprint density at radius 2 is 1.85 bits per heavy atom. The summed E-state index contributed by atoms with van der Waals surface area (Å²) in [6.07, 6.45) is 0. The number of amides is 3. The predicted molar refractivity (Wildman–Crippen MR) is 52.5 cm³/mol. The average Bonchev–Trinajstić information content (AvgIpc) is 2.15. The standard InChI is InChI=1S/C8H14N2O2S/c1-7(2,3)8(13)5(11)10(4)6(12)9-8/h13H,1-4H3,(H,9,12). The molecule has 0 saturated carbocycles. The number of rotatable bonds is 0. The van der Waals surface area contributed by atoms with Gasteiger partial charge in [-0.05, 0) is 0 Å². The second-order valence-electron chi connectivity index (χ2n) is 4.25. The van der Waals surface area contributed by atoms with Gasteiger partial charge in [0.1, 0.15) is 0 Å². The molecule has 1 atom stereocenters. The number of hydrogen-bond acceptors (Lipinski definition) is 3. The number of nitrogens with zero attached hydrogens (tertiary/aromatic N) is 1. The van der Waals surface area contributed by atoms with Crippen molar-refractivity contribution in [2.24, 2.45) is 5.41 Å². The average molecular weight is 202 g/mol. The topological polar surface area (TPSA) is 49.4 Å². The summed E-state index contributed by atoms with van der Waals surface area (Å²) >= 11 is 4.25. The lowest BCUT2D eigenvalue weighted by Gasteiger charge is -2.34. The Bertz CT molecular complexity index is 272. The second-order valence-corrected chi connectivity index (χ2v) is 4.93. The highest BCUT2D eigenvalue weighted by atomic mass is 32.1. The Hall–Kier alpha value is -0.710. The van der Waals surface area contributed by atoms with Crippen molar-refractivity contribution in [3.8, 4) is 0 Å². The van der Waals surface area contributed by atoms with Crippen molar-refractivity contribution in [3.63, 3.8) is 0 Å². The molecule has 1 saturated heterocycles. The van der Waals surface area contributed by atoms with Crippen LogP contribution in [-0.4, -0.2) is 28.8 Å². The van der Waals surface area contributed by atoms with Crippen LogP contribution in [-0.2, 0) is 4.79 Å². The van der Waals surface area contributed by atoms with Gasteiger partial charge in [0.15, 0.2) is 4.87 Å². The summed E-state index contributed by atoms with van der Waals surface area (Å²) in [5.41, 5.74) is -0.409. The lowest BCUT2D eigenvalue weighted by atomic mass is 9.86. The van der Waals surface area contributed by atoms with E-state index < -0.39 is 16.3 Å². The molecule has 1 unspecified atom stereocenters. The van der Waals surface area contributed by atoms with Gasteiger partial charge in [-0.1, -0.05) is 20.8 Å². The highest BCUT2D eigenvalue weighted by molar-refractivity contribution is 7.82. The van der Waals surface area contributed by atoms with Gasteiger partial charge in [0, 0.05) is 12.5 Å². The van der Waals surface area contributed by atoms with E-state index in [9.17, 15) is 9.59 Å². The van der Waals surface area contributed by atoms with E-state index in [4.69, 9.17) is 0 Å². The first-order chi connectivity index (χ1) is 5.70. The van der Waals surface area contributed by atoms with E-state index in [1.807, 2.05) is 20.8 Å². The van der Waals surface area contributed by atoms with Gasteiger partial charge >= 0.3 is 6.03 Å². The van der Waals surface area contributed by atoms with Crippen molar-refractivity contribution in [3.05, 3.63) is 0 Å². The SMILES string of the molecule is CN1C(=O)NC(S)(C(C)(C)C)C1=O. The minimum atomic E-state index is -1.08.